The number of hydrogen-bond acceptors (Lipinski definition) is 1. The van der Waals surface area contributed by atoms with Crippen LogP contribution in [0.25, 0.3) is 33.4 Å². The molecule has 1 nitrogen and oxygen atoms in total. The highest BCUT2D eigenvalue weighted by Crippen LogP contribution is 2.51. The molecule has 32 heavy (non-hydrogen) atoms. The van der Waals surface area contributed by atoms with E-state index in [1.807, 2.05) is 0 Å². The Kier molecular flexibility index (Phi) is 4.66. The Labute approximate surface area is 196 Å². The van der Waals surface area contributed by atoms with E-state index < -0.39 is 0 Å². The molecule has 0 saturated heterocycles. The summed E-state index contributed by atoms with van der Waals surface area (Å²) in [6.45, 7) is 0. The van der Waals surface area contributed by atoms with E-state index in [1.54, 1.807) is 0 Å². The minimum Gasteiger partial charge on any atom is -0.309 e. The van der Waals surface area contributed by atoms with Crippen molar-refractivity contribution in [2.24, 2.45) is 0 Å². The van der Waals surface area contributed by atoms with Crippen LogP contribution in [0.15, 0.2) is 126 Å². The fourth-order valence-electron chi connectivity index (χ4n) is 4.60. The zero-order valence-corrected chi connectivity index (χ0v) is 19.0. The Morgan fingerprint density at radius 2 is 1.00 bits per heavy atom. The molecule has 2 heteroatoms. The zero-order valence-electron chi connectivity index (χ0n) is 17.4. The van der Waals surface area contributed by atoms with Crippen molar-refractivity contribution in [1.82, 2.24) is 0 Å². The first-order valence-electron chi connectivity index (χ1n) is 10.7. The van der Waals surface area contributed by atoms with E-state index in [1.165, 1.54) is 44.8 Å². The molecule has 152 valence electrons. The van der Waals surface area contributed by atoms with Crippen LogP contribution in [-0.4, -0.2) is 0 Å². The van der Waals surface area contributed by atoms with Crippen molar-refractivity contribution < 1.29 is 0 Å². The summed E-state index contributed by atoms with van der Waals surface area (Å²) in [6, 6.07) is 43.4. The lowest BCUT2D eigenvalue weighted by Crippen LogP contribution is -2.10. The predicted octanol–water partition coefficient (Wildman–Crippen LogP) is 9.23. The molecule has 0 spiro atoms. The van der Waals surface area contributed by atoms with Crippen molar-refractivity contribution in [3.63, 3.8) is 0 Å². The lowest BCUT2D eigenvalue weighted by molar-refractivity contribution is 1.29. The molecule has 1 heterocycles. The Hall–Kier alpha value is -3.62. The van der Waals surface area contributed by atoms with Gasteiger partial charge in [-0.3, -0.25) is 0 Å². The molecule has 0 radical (unpaired) electrons. The van der Waals surface area contributed by atoms with Gasteiger partial charge in [0, 0.05) is 21.3 Å². The van der Waals surface area contributed by atoms with Gasteiger partial charge in [-0.15, -0.1) is 0 Å². The maximum absolute atomic E-state index is 3.56. The van der Waals surface area contributed by atoms with Gasteiger partial charge in [0.05, 0.1) is 11.4 Å². The molecule has 0 aromatic heterocycles. The van der Waals surface area contributed by atoms with Crippen molar-refractivity contribution in [1.29, 1.82) is 0 Å². The first kappa shape index (κ1) is 19.1. The molecule has 0 saturated carbocycles. The van der Waals surface area contributed by atoms with Crippen LogP contribution >= 0.6 is 15.9 Å². The van der Waals surface area contributed by atoms with E-state index in [2.05, 4.69) is 142 Å². The third kappa shape index (κ3) is 3.16. The summed E-state index contributed by atoms with van der Waals surface area (Å²) in [5.41, 5.74) is 10.9. The summed E-state index contributed by atoms with van der Waals surface area (Å²) in [6.07, 6.45) is 0. The minimum atomic E-state index is 1.09. The molecule has 0 atom stereocenters. The van der Waals surface area contributed by atoms with E-state index in [0.29, 0.717) is 0 Å². The molecule has 0 bridgehead atoms. The van der Waals surface area contributed by atoms with Gasteiger partial charge in [-0.25, -0.2) is 0 Å². The van der Waals surface area contributed by atoms with Crippen LogP contribution in [0.3, 0.4) is 0 Å². The van der Waals surface area contributed by atoms with E-state index >= 15 is 0 Å². The van der Waals surface area contributed by atoms with Crippen molar-refractivity contribution >= 4 is 33.0 Å². The van der Waals surface area contributed by atoms with Crippen molar-refractivity contribution in [3.05, 3.63) is 126 Å². The predicted molar refractivity (Wildman–Crippen MR) is 139 cm³/mol. The number of nitrogens with zero attached hydrogens (tertiary/aromatic N) is 1. The molecule has 5 aromatic rings. The Morgan fingerprint density at radius 3 is 1.72 bits per heavy atom. The first-order valence-corrected chi connectivity index (χ1v) is 11.5. The third-order valence-corrected chi connectivity index (χ3v) is 6.61. The summed E-state index contributed by atoms with van der Waals surface area (Å²) in [4.78, 5) is 2.40. The normalized spacial score (nSPS) is 11.8. The van der Waals surface area contributed by atoms with Gasteiger partial charge < -0.3 is 4.90 Å². The van der Waals surface area contributed by atoms with Gasteiger partial charge >= 0.3 is 0 Å². The molecule has 5 aromatic carbocycles. The van der Waals surface area contributed by atoms with Crippen molar-refractivity contribution in [2.45, 2.75) is 0 Å². The quantitative estimate of drug-likeness (QED) is 0.242. The Balaban J connectivity index is 1.68. The first-order chi connectivity index (χ1) is 15.8. The van der Waals surface area contributed by atoms with Crippen LogP contribution in [0.2, 0.25) is 0 Å². The molecule has 0 unspecified atom stereocenters. The number of para-hydroxylation sites is 2. The molecule has 0 aliphatic carbocycles. The highest BCUT2D eigenvalue weighted by atomic mass is 79.9. The molecule has 6 rings (SSSR count). The van der Waals surface area contributed by atoms with E-state index in [-0.39, 0.29) is 0 Å². The highest BCUT2D eigenvalue weighted by molar-refractivity contribution is 9.10. The number of fused-ring (bicyclic) bond motifs is 5. The van der Waals surface area contributed by atoms with Crippen LogP contribution in [0.1, 0.15) is 0 Å². The van der Waals surface area contributed by atoms with Crippen LogP contribution in [-0.2, 0) is 0 Å². The molecule has 0 fully saturated rings. The topological polar surface area (TPSA) is 3.24 Å². The number of halogens is 1. The number of anilines is 3. The molecular weight excluding hydrogens is 454 g/mol. The van der Waals surface area contributed by atoms with Crippen LogP contribution in [0.5, 0.6) is 0 Å². The largest absolute Gasteiger partial charge is 0.309 e. The summed E-state index contributed by atoms with van der Waals surface area (Å²) < 4.78 is 1.09. The van der Waals surface area contributed by atoms with Gasteiger partial charge in [-0.2, -0.15) is 0 Å². The Bertz CT molecular complexity index is 1420. The standard InChI is InChI=1S/C30H20BrN/c31-23-17-14-21(15-18-23)22-16-19-28-26-11-5-4-10-25(26)27-12-6-7-13-29(27)32(30(28)20-22)24-8-2-1-3-9-24/h1-20H. The third-order valence-electron chi connectivity index (χ3n) is 6.08. The number of benzene rings is 5. The smallest absolute Gasteiger partial charge is 0.0546 e. The molecular formula is C30H20BrN. The van der Waals surface area contributed by atoms with E-state index in [0.717, 1.165) is 10.2 Å². The molecule has 0 amide bonds. The lowest BCUT2D eigenvalue weighted by atomic mass is 9.93. The van der Waals surface area contributed by atoms with Crippen LogP contribution in [0.4, 0.5) is 17.1 Å². The van der Waals surface area contributed by atoms with Crippen molar-refractivity contribution in [3.8, 4) is 33.4 Å². The maximum atomic E-state index is 3.56. The van der Waals surface area contributed by atoms with E-state index in [9.17, 15) is 0 Å². The minimum absolute atomic E-state index is 1.09. The number of rotatable bonds is 2. The summed E-state index contributed by atoms with van der Waals surface area (Å²) in [7, 11) is 0. The van der Waals surface area contributed by atoms with Gasteiger partial charge in [0.1, 0.15) is 0 Å². The molecule has 0 N–H and O–H groups in total. The lowest BCUT2D eigenvalue weighted by Gasteiger charge is -2.27. The second-order valence-corrected chi connectivity index (χ2v) is 8.89. The zero-order chi connectivity index (χ0) is 21.5. The fourth-order valence-corrected chi connectivity index (χ4v) is 4.86. The molecule has 1 aliphatic rings. The average molecular weight is 474 g/mol. The molecule has 1 aliphatic heterocycles. The van der Waals surface area contributed by atoms with Gasteiger partial charge in [0.2, 0.25) is 0 Å². The number of hydrogen-bond donors (Lipinski definition) is 0. The second-order valence-electron chi connectivity index (χ2n) is 7.97. The summed E-state index contributed by atoms with van der Waals surface area (Å²) >= 11 is 3.56. The Morgan fingerprint density at radius 1 is 0.438 bits per heavy atom. The second kappa shape index (κ2) is 7.81. The van der Waals surface area contributed by atoms with Crippen LogP contribution < -0.4 is 4.90 Å². The fraction of sp³-hybridized carbons (Fsp3) is 0. The monoisotopic (exact) mass is 473 g/mol. The average Bonchev–Trinajstić information content (AvgIpc) is 2.97. The van der Waals surface area contributed by atoms with Gasteiger partial charge in [0.15, 0.2) is 0 Å². The van der Waals surface area contributed by atoms with Gasteiger partial charge in [-0.1, -0.05) is 101 Å². The van der Waals surface area contributed by atoms with Gasteiger partial charge in [-0.05, 0) is 58.7 Å². The highest BCUT2D eigenvalue weighted by Gasteiger charge is 2.25. The van der Waals surface area contributed by atoms with Gasteiger partial charge in [0.25, 0.3) is 0 Å². The summed E-state index contributed by atoms with van der Waals surface area (Å²) in [5, 5.41) is 0. The maximum Gasteiger partial charge on any atom is 0.0546 e. The van der Waals surface area contributed by atoms with E-state index in [4.69, 9.17) is 0 Å². The van der Waals surface area contributed by atoms with Crippen molar-refractivity contribution in [2.75, 3.05) is 4.90 Å². The SMILES string of the molecule is Brc1ccc(-c2ccc3c(c2)N(c2ccccc2)c2ccccc2-c2ccccc2-3)cc1. The van der Waals surface area contributed by atoms with Crippen LogP contribution in [0, 0.1) is 0 Å². The summed E-state index contributed by atoms with van der Waals surface area (Å²) in [5.74, 6) is 0.